The first-order chi connectivity index (χ1) is 6.34. The van der Waals surface area contributed by atoms with E-state index in [0.29, 0.717) is 0 Å². The van der Waals surface area contributed by atoms with E-state index in [1.165, 1.54) is 6.92 Å². The van der Waals surface area contributed by atoms with Crippen LogP contribution in [0, 0.1) is 5.92 Å². The second-order valence-corrected chi connectivity index (χ2v) is 3.34. The quantitative estimate of drug-likeness (QED) is 0.673. The Balaban J connectivity index is 4.63. The fraction of sp³-hybridized carbons (Fsp3) is 0.778. The Morgan fingerprint density at radius 2 is 1.93 bits per heavy atom. The second-order valence-electron chi connectivity index (χ2n) is 3.34. The van der Waals surface area contributed by atoms with E-state index >= 15 is 0 Å². The lowest BCUT2D eigenvalue weighted by Gasteiger charge is -2.30. The monoisotopic (exact) mass is 204 g/mol. The van der Waals surface area contributed by atoms with Gasteiger partial charge in [0, 0.05) is 12.5 Å². The highest BCUT2D eigenvalue weighted by molar-refractivity contribution is 5.78. The smallest absolute Gasteiger partial charge is 0.335 e. The molecule has 0 bridgehead atoms. The summed E-state index contributed by atoms with van der Waals surface area (Å²) in [4.78, 5) is 21.4. The van der Waals surface area contributed by atoms with Crippen LogP contribution in [0.2, 0.25) is 0 Å². The van der Waals surface area contributed by atoms with Gasteiger partial charge in [-0.25, -0.2) is 4.79 Å². The highest BCUT2D eigenvalue weighted by atomic mass is 16.5. The Morgan fingerprint density at radius 3 is 2.21 bits per heavy atom. The Labute approximate surface area is 82.7 Å². The molecular weight excluding hydrogens is 188 g/mol. The highest BCUT2D eigenvalue weighted by Crippen LogP contribution is 2.25. The van der Waals surface area contributed by atoms with Crippen molar-refractivity contribution in [3.63, 3.8) is 0 Å². The number of carbonyl (C=O) groups is 2. The van der Waals surface area contributed by atoms with Crippen molar-refractivity contribution >= 4 is 11.9 Å². The SMILES string of the molecule is CCOC(C)(C(=O)O)C(C)CC(=O)O. The molecule has 82 valence electrons. The van der Waals surface area contributed by atoms with Gasteiger partial charge >= 0.3 is 11.9 Å². The molecule has 0 aliphatic rings. The van der Waals surface area contributed by atoms with Gasteiger partial charge in [0.2, 0.25) is 0 Å². The van der Waals surface area contributed by atoms with E-state index in [9.17, 15) is 9.59 Å². The molecule has 5 nitrogen and oxygen atoms in total. The van der Waals surface area contributed by atoms with Gasteiger partial charge in [-0.15, -0.1) is 0 Å². The first-order valence-corrected chi connectivity index (χ1v) is 4.43. The van der Waals surface area contributed by atoms with Crippen molar-refractivity contribution in [1.82, 2.24) is 0 Å². The average molecular weight is 204 g/mol. The van der Waals surface area contributed by atoms with E-state index in [-0.39, 0.29) is 13.0 Å². The standard InChI is InChI=1S/C9H16O5/c1-4-14-9(3,8(12)13)6(2)5-7(10)11/h6H,4-5H2,1-3H3,(H,10,11)(H,12,13). The number of carboxylic acids is 2. The van der Waals surface area contributed by atoms with Crippen molar-refractivity contribution in [3.05, 3.63) is 0 Å². The van der Waals surface area contributed by atoms with Gasteiger partial charge in [-0.2, -0.15) is 0 Å². The fourth-order valence-electron chi connectivity index (χ4n) is 1.17. The second kappa shape index (κ2) is 4.95. The molecule has 2 N–H and O–H groups in total. The molecule has 0 aromatic rings. The molecule has 0 heterocycles. The Hall–Kier alpha value is -1.10. The van der Waals surface area contributed by atoms with E-state index in [0.717, 1.165) is 0 Å². The summed E-state index contributed by atoms with van der Waals surface area (Å²) < 4.78 is 5.09. The van der Waals surface area contributed by atoms with Gasteiger partial charge in [0.1, 0.15) is 0 Å². The molecule has 14 heavy (non-hydrogen) atoms. The zero-order valence-corrected chi connectivity index (χ0v) is 8.61. The summed E-state index contributed by atoms with van der Waals surface area (Å²) in [5.74, 6) is -2.73. The minimum Gasteiger partial charge on any atom is -0.481 e. The van der Waals surface area contributed by atoms with Crippen LogP contribution < -0.4 is 0 Å². The first kappa shape index (κ1) is 12.9. The molecule has 2 atom stereocenters. The molecule has 0 rings (SSSR count). The Kier molecular flexibility index (Phi) is 4.56. The summed E-state index contributed by atoms with van der Waals surface area (Å²) in [5.41, 5.74) is -1.42. The minimum atomic E-state index is -1.42. The van der Waals surface area contributed by atoms with Crippen LogP contribution in [0.5, 0.6) is 0 Å². The van der Waals surface area contributed by atoms with Gasteiger partial charge in [-0.05, 0) is 13.8 Å². The number of hydrogen-bond donors (Lipinski definition) is 2. The maximum Gasteiger partial charge on any atom is 0.335 e. The third-order valence-electron chi connectivity index (χ3n) is 2.29. The number of hydrogen-bond acceptors (Lipinski definition) is 3. The topological polar surface area (TPSA) is 83.8 Å². The van der Waals surface area contributed by atoms with Crippen LogP contribution in [0.25, 0.3) is 0 Å². The van der Waals surface area contributed by atoms with E-state index in [2.05, 4.69) is 0 Å². The minimum absolute atomic E-state index is 0.219. The summed E-state index contributed by atoms with van der Waals surface area (Å²) in [7, 11) is 0. The van der Waals surface area contributed by atoms with E-state index in [4.69, 9.17) is 14.9 Å². The molecule has 0 saturated heterocycles. The van der Waals surface area contributed by atoms with Crippen molar-refractivity contribution in [2.75, 3.05) is 6.61 Å². The average Bonchev–Trinajstić information content (AvgIpc) is 2.02. The molecule has 0 aromatic carbocycles. The largest absolute Gasteiger partial charge is 0.481 e. The third kappa shape index (κ3) is 2.99. The van der Waals surface area contributed by atoms with Crippen LogP contribution in [0.1, 0.15) is 27.2 Å². The molecule has 0 aliphatic heterocycles. The highest BCUT2D eigenvalue weighted by Gasteiger charge is 2.40. The molecule has 5 heteroatoms. The van der Waals surface area contributed by atoms with Crippen LogP contribution in [-0.2, 0) is 14.3 Å². The summed E-state index contributed by atoms with van der Waals surface area (Å²) in [5, 5.41) is 17.5. The molecule has 0 fully saturated rings. The Bertz CT molecular complexity index is 225. The van der Waals surface area contributed by atoms with Crippen molar-refractivity contribution in [1.29, 1.82) is 0 Å². The van der Waals surface area contributed by atoms with E-state index in [1.54, 1.807) is 13.8 Å². The van der Waals surface area contributed by atoms with Crippen LogP contribution in [0.3, 0.4) is 0 Å². The molecule has 0 saturated carbocycles. The lowest BCUT2D eigenvalue weighted by atomic mass is 9.88. The summed E-state index contributed by atoms with van der Waals surface area (Å²) in [6.07, 6.45) is -0.219. The van der Waals surface area contributed by atoms with E-state index < -0.39 is 23.5 Å². The number of aliphatic carboxylic acids is 2. The number of rotatable bonds is 6. The van der Waals surface area contributed by atoms with Crippen LogP contribution >= 0.6 is 0 Å². The van der Waals surface area contributed by atoms with Gasteiger partial charge in [-0.3, -0.25) is 4.79 Å². The van der Waals surface area contributed by atoms with E-state index in [1.807, 2.05) is 0 Å². The van der Waals surface area contributed by atoms with Crippen LogP contribution in [-0.4, -0.2) is 34.4 Å². The molecule has 2 unspecified atom stereocenters. The van der Waals surface area contributed by atoms with Crippen LogP contribution in [0.4, 0.5) is 0 Å². The Morgan fingerprint density at radius 1 is 1.43 bits per heavy atom. The maximum atomic E-state index is 10.9. The fourth-order valence-corrected chi connectivity index (χ4v) is 1.17. The van der Waals surface area contributed by atoms with Gasteiger partial charge < -0.3 is 14.9 Å². The first-order valence-electron chi connectivity index (χ1n) is 4.43. The van der Waals surface area contributed by atoms with Gasteiger partial charge in [0.15, 0.2) is 5.60 Å². The predicted molar refractivity (Wildman–Crippen MR) is 49.1 cm³/mol. The van der Waals surface area contributed by atoms with Crippen LogP contribution in [0.15, 0.2) is 0 Å². The number of carboxylic acid groups (broad SMARTS) is 2. The molecule has 0 aromatic heterocycles. The molecule has 0 spiro atoms. The van der Waals surface area contributed by atoms with Gasteiger partial charge in [0.25, 0.3) is 0 Å². The summed E-state index contributed by atoms with van der Waals surface area (Å²) in [6.45, 7) is 4.87. The molecule has 0 aliphatic carbocycles. The number of ether oxygens (including phenoxy) is 1. The molecular formula is C9H16O5. The van der Waals surface area contributed by atoms with Crippen molar-refractivity contribution in [2.45, 2.75) is 32.8 Å². The molecule has 0 radical (unpaired) electrons. The molecule has 0 amide bonds. The van der Waals surface area contributed by atoms with Gasteiger partial charge in [0.05, 0.1) is 6.42 Å². The zero-order chi connectivity index (χ0) is 11.4. The van der Waals surface area contributed by atoms with Gasteiger partial charge in [-0.1, -0.05) is 6.92 Å². The summed E-state index contributed by atoms with van der Waals surface area (Å²) >= 11 is 0. The zero-order valence-electron chi connectivity index (χ0n) is 8.61. The maximum absolute atomic E-state index is 10.9. The lowest BCUT2D eigenvalue weighted by molar-refractivity contribution is -0.171. The van der Waals surface area contributed by atoms with Crippen molar-refractivity contribution in [3.8, 4) is 0 Å². The third-order valence-corrected chi connectivity index (χ3v) is 2.29. The summed E-state index contributed by atoms with van der Waals surface area (Å²) in [6, 6.07) is 0. The lowest BCUT2D eigenvalue weighted by Crippen LogP contribution is -2.45. The van der Waals surface area contributed by atoms with Crippen molar-refractivity contribution in [2.24, 2.45) is 5.92 Å². The predicted octanol–water partition coefficient (Wildman–Crippen LogP) is 0.977. The van der Waals surface area contributed by atoms with Crippen molar-refractivity contribution < 1.29 is 24.5 Å². The normalized spacial score (nSPS) is 17.1.